The third kappa shape index (κ3) is 3.84. The highest BCUT2D eigenvalue weighted by molar-refractivity contribution is 5.94. The lowest BCUT2D eigenvalue weighted by Gasteiger charge is -2.03. The van der Waals surface area contributed by atoms with Crippen LogP contribution in [0.25, 0.3) is 0 Å². The molecule has 2 amide bonds. The summed E-state index contributed by atoms with van der Waals surface area (Å²) >= 11 is 0. The van der Waals surface area contributed by atoms with Crippen LogP contribution in [-0.2, 0) is 4.79 Å². The second kappa shape index (κ2) is 5.85. The number of nitrogens with one attached hydrogen (secondary N) is 2. The van der Waals surface area contributed by atoms with E-state index in [1.54, 1.807) is 12.1 Å². The summed E-state index contributed by atoms with van der Waals surface area (Å²) in [4.78, 5) is 22.4. The first-order chi connectivity index (χ1) is 7.24. The molecule has 0 fully saturated rings. The average molecular weight is 210 g/mol. The van der Waals surface area contributed by atoms with Crippen LogP contribution in [0, 0.1) is 0 Å². The van der Waals surface area contributed by atoms with Gasteiger partial charge >= 0.3 is 0 Å². The number of hydrogen-bond acceptors (Lipinski definition) is 3. The number of rotatable bonds is 5. The zero-order valence-corrected chi connectivity index (χ0v) is 8.58. The first-order valence-electron chi connectivity index (χ1n) is 4.82. The topological polar surface area (TPSA) is 71.3 Å². The van der Waals surface area contributed by atoms with E-state index in [0.29, 0.717) is 6.54 Å². The van der Waals surface area contributed by atoms with E-state index in [9.17, 15) is 9.59 Å². The second-order valence-corrected chi connectivity index (χ2v) is 3.01. The van der Waals surface area contributed by atoms with E-state index < -0.39 is 0 Å². The Labute approximate surface area is 87.8 Å². The third-order valence-electron chi connectivity index (χ3n) is 1.73. The summed E-state index contributed by atoms with van der Waals surface area (Å²) < 4.78 is 4.86. The highest BCUT2D eigenvalue weighted by atomic mass is 16.3. The van der Waals surface area contributed by atoms with Gasteiger partial charge < -0.3 is 15.1 Å². The van der Waals surface area contributed by atoms with Crippen LogP contribution in [0.4, 0.5) is 0 Å². The molecule has 5 nitrogen and oxygen atoms in total. The minimum Gasteiger partial charge on any atom is -0.459 e. The minimum absolute atomic E-state index is 0.0282. The molecule has 15 heavy (non-hydrogen) atoms. The fourth-order valence-corrected chi connectivity index (χ4v) is 0.982. The fourth-order valence-electron chi connectivity index (χ4n) is 0.982. The van der Waals surface area contributed by atoms with Gasteiger partial charge in [0.05, 0.1) is 12.8 Å². The molecule has 0 aliphatic rings. The van der Waals surface area contributed by atoms with Gasteiger partial charge in [-0.25, -0.2) is 0 Å². The Kier molecular flexibility index (Phi) is 4.40. The van der Waals surface area contributed by atoms with Crippen LogP contribution in [-0.4, -0.2) is 24.9 Å². The van der Waals surface area contributed by atoms with E-state index in [-0.39, 0.29) is 24.1 Å². The Hall–Kier alpha value is -1.78. The van der Waals surface area contributed by atoms with Gasteiger partial charge in [-0.15, -0.1) is 0 Å². The molecule has 0 aromatic carbocycles. The number of carbonyl (C=O) groups is 2. The summed E-state index contributed by atoms with van der Waals surface area (Å²) in [6.07, 6.45) is 2.28. The van der Waals surface area contributed by atoms with Gasteiger partial charge in [0.2, 0.25) is 5.91 Å². The van der Waals surface area contributed by atoms with Crippen molar-refractivity contribution in [2.24, 2.45) is 0 Å². The zero-order chi connectivity index (χ0) is 11.1. The Morgan fingerprint density at radius 1 is 1.40 bits per heavy atom. The van der Waals surface area contributed by atoms with Crippen molar-refractivity contribution in [3.8, 4) is 0 Å². The predicted octanol–water partition coefficient (Wildman–Crippen LogP) is 0.536. The van der Waals surface area contributed by atoms with Gasteiger partial charge in [0.1, 0.15) is 0 Å². The van der Waals surface area contributed by atoms with Gasteiger partial charge in [-0.05, 0) is 18.6 Å². The van der Waals surface area contributed by atoms with E-state index >= 15 is 0 Å². The number of furan rings is 1. The van der Waals surface area contributed by atoms with Crippen molar-refractivity contribution < 1.29 is 14.0 Å². The molecule has 1 heterocycles. The van der Waals surface area contributed by atoms with E-state index in [1.165, 1.54) is 6.26 Å². The van der Waals surface area contributed by atoms with E-state index in [2.05, 4.69) is 10.6 Å². The van der Waals surface area contributed by atoms with Crippen LogP contribution in [0.15, 0.2) is 22.8 Å². The van der Waals surface area contributed by atoms with Crippen molar-refractivity contribution in [3.63, 3.8) is 0 Å². The molecule has 82 valence electrons. The number of carbonyl (C=O) groups excluding carboxylic acids is 2. The molecule has 0 atom stereocenters. The van der Waals surface area contributed by atoms with Crippen LogP contribution in [0.3, 0.4) is 0 Å². The number of amides is 2. The summed E-state index contributed by atoms with van der Waals surface area (Å²) in [6.45, 7) is 2.55. The molecular formula is C10H14N2O3. The van der Waals surface area contributed by atoms with Crippen LogP contribution in [0.5, 0.6) is 0 Å². The fraction of sp³-hybridized carbons (Fsp3) is 0.400. The normalized spacial score (nSPS) is 9.67. The van der Waals surface area contributed by atoms with Crippen molar-refractivity contribution in [3.05, 3.63) is 24.2 Å². The Morgan fingerprint density at radius 2 is 2.20 bits per heavy atom. The van der Waals surface area contributed by atoms with Crippen LogP contribution < -0.4 is 10.6 Å². The van der Waals surface area contributed by atoms with E-state index in [1.807, 2.05) is 6.92 Å². The van der Waals surface area contributed by atoms with Crippen molar-refractivity contribution in [2.45, 2.75) is 13.3 Å². The quantitative estimate of drug-likeness (QED) is 0.745. The molecule has 1 aromatic heterocycles. The van der Waals surface area contributed by atoms with Gasteiger partial charge in [0, 0.05) is 6.54 Å². The maximum absolute atomic E-state index is 11.3. The standard InChI is InChI=1S/C10H14N2O3/c1-2-5-11-9(13)7-12-10(14)8-4-3-6-15-8/h3-4,6H,2,5,7H2,1H3,(H,11,13)(H,12,14). The second-order valence-electron chi connectivity index (χ2n) is 3.01. The smallest absolute Gasteiger partial charge is 0.287 e. The molecule has 5 heteroatoms. The van der Waals surface area contributed by atoms with E-state index in [4.69, 9.17) is 4.42 Å². The molecule has 0 saturated carbocycles. The molecule has 2 N–H and O–H groups in total. The first kappa shape index (κ1) is 11.3. The van der Waals surface area contributed by atoms with E-state index in [0.717, 1.165) is 6.42 Å². The summed E-state index contributed by atoms with van der Waals surface area (Å²) in [7, 11) is 0. The maximum atomic E-state index is 11.3. The molecule has 0 aliphatic carbocycles. The lowest BCUT2D eigenvalue weighted by molar-refractivity contribution is -0.120. The SMILES string of the molecule is CCCNC(=O)CNC(=O)c1ccco1. The molecule has 0 unspecified atom stereocenters. The molecule has 0 aliphatic heterocycles. The first-order valence-corrected chi connectivity index (χ1v) is 4.82. The monoisotopic (exact) mass is 210 g/mol. The maximum Gasteiger partial charge on any atom is 0.287 e. The average Bonchev–Trinajstić information content (AvgIpc) is 2.76. The molecule has 1 rings (SSSR count). The van der Waals surface area contributed by atoms with Crippen molar-refractivity contribution in [1.29, 1.82) is 0 Å². The van der Waals surface area contributed by atoms with Crippen LogP contribution in [0.1, 0.15) is 23.9 Å². The zero-order valence-electron chi connectivity index (χ0n) is 8.58. The Morgan fingerprint density at radius 3 is 2.80 bits per heavy atom. The predicted molar refractivity (Wildman–Crippen MR) is 54.3 cm³/mol. The van der Waals surface area contributed by atoms with Gasteiger partial charge in [0.15, 0.2) is 5.76 Å². The summed E-state index contributed by atoms with van der Waals surface area (Å²) in [5.41, 5.74) is 0. The van der Waals surface area contributed by atoms with Crippen molar-refractivity contribution >= 4 is 11.8 Å². The molecule has 0 radical (unpaired) electrons. The third-order valence-corrected chi connectivity index (χ3v) is 1.73. The number of hydrogen-bond donors (Lipinski definition) is 2. The summed E-state index contributed by atoms with van der Waals surface area (Å²) in [6, 6.07) is 3.16. The van der Waals surface area contributed by atoms with Gasteiger partial charge in [-0.1, -0.05) is 6.92 Å². The Bertz CT molecular complexity index is 319. The largest absolute Gasteiger partial charge is 0.459 e. The van der Waals surface area contributed by atoms with Gasteiger partial charge in [-0.3, -0.25) is 9.59 Å². The molecule has 0 spiro atoms. The molecule has 0 bridgehead atoms. The summed E-state index contributed by atoms with van der Waals surface area (Å²) in [5.74, 6) is -0.373. The van der Waals surface area contributed by atoms with Crippen molar-refractivity contribution in [1.82, 2.24) is 10.6 Å². The molecule has 0 saturated heterocycles. The van der Waals surface area contributed by atoms with Gasteiger partial charge in [0.25, 0.3) is 5.91 Å². The highest BCUT2D eigenvalue weighted by Gasteiger charge is 2.09. The Balaban J connectivity index is 2.25. The van der Waals surface area contributed by atoms with Gasteiger partial charge in [-0.2, -0.15) is 0 Å². The lowest BCUT2D eigenvalue weighted by Crippen LogP contribution is -2.37. The molecular weight excluding hydrogens is 196 g/mol. The van der Waals surface area contributed by atoms with Crippen LogP contribution >= 0.6 is 0 Å². The highest BCUT2D eigenvalue weighted by Crippen LogP contribution is 1.98. The molecule has 1 aromatic rings. The lowest BCUT2D eigenvalue weighted by atomic mass is 10.4. The van der Waals surface area contributed by atoms with Crippen molar-refractivity contribution in [2.75, 3.05) is 13.1 Å². The summed E-state index contributed by atoms with van der Waals surface area (Å²) in [5, 5.41) is 5.10. The minimum atomic E-state index is -0.383. The van der Waals surface area contributed by atoms with Crippen LogP contribution in [0.2, 0.25) is 0 Å².